The second kappa shape index (κ2) is 7.61. The number of amides is 2. The highest BCUT2D eigenvalue weighted by Gasteiger charge is 2.24. The monoisotopic (exact) mass is 323 g/mol. The van der Waals surface area contributed by atoms with Crippen LogP contribution in [0, 0.1) is 5.92 Å². The highest BCUT2D eigenvalue weighted by Crippen LogP contribution is 2.22. The van der Waals surface area contributed by atoms with Gasteiger partial charge in [-0.1, -0.05) is 29.8 Å². The Morgan fingerprint density at radius 3 is 2.59 bits per heavy atom. The minimum Gasteiger partial charge on any atom is -0.369 e. The Morgan fingerprint density at radius 2 is 2.00 bits per heavy atom. The van der Waals surface area contributed by atoms with Crippen LogP contribution in [0.15, 0.2) is 24.3 Å². The first-order chi connectivity index (χ1) is 10.5. The standard InChI is InChI=1S/C16H22ClN3O2/c1-11(13-4-2-3-5-14(13)17)19-15(21)10-20-8-6-12(7-9-20)16(18)22/h2-5,11-12H,6-10H2,1H3,(H2,18,22)(H,19,21)/t11-/m0/s1. The van der Waals surface area contributed by atoms with E-state index in [1.54, 1.807) is 0 Å². The van der Waals surface area contributed by atoms with Gasteiger partial charge in [-0.15, -0.1) is 0 Å². The van der Waals surface area contributed by atoms with Crippen molar-refractivity contribution in [3.8, 4) is 0 Å². The zero-order chi connectivity index (χ0) is 16.1. The molecule has 3 N–H and O–H groups in total. The van der Waals surface area contributed by atoms with E-state index in [9.17, 15) is 9.59 Å². The van der Waals surface area contributed by atoms with Crippen molar-refractivity contribution in [2.45, 2.75) is 25.8 Å². The number of hydrogen-bond acceptors (Lipinski definition) is 3. The van der Waals surface area contributed by atoms with Crippen molar-refractivity contribution in [3.63, 3.8) is 0 Å². The van der Waals surface area contributed by atoms with E-state index in [2.05, 4.69) is 5.32 Å². The third-order valence-electron chi connectivity index (χ3n) is 4.11. The van der Waals surface area contributed by atoms with Gasteiger partial charge >= 0.3 is 0 Å². The van der Waals surface area contributed by atoms with Crippen molar-refractivity contribution in [2.75, 3.05) is 19.6 Å². The van der Waals surface area contributed by atoms with Gasteiger partial charge in [0.05, 0.1) is 12.6 Å². The molecule has 0 aromatic heterocycles. The Labute approximate surface area is 135 Å². The van der Waals surface area contributed by atoms with E-state index in [0.29, 0.717) is 11.6 Å². The van der Waals surface area contributed by atoms with Crippen LogP contribution >= 0.6 is 11.6 Å². The summed E-state index contributed by atoms with van der Waals surface area (Å²) in [5, 5.41) is 3.61. The SMILES string of the molecule is C[C@H](NC(=O)CN1CCC(C(N)=O)CC1)c1ccccc1Cl. The van der Waals surface area contributed by atoms with Crippen LogP contribution in [0.25, 0.3) is 0 Å². The van der Waals surface area contributed by atoms with Gasteiger partial charge in [0.1, 0.15) is 0 Å². The smallest absolute Gasteiger partial charge is 0.234 e. The van der Waals surface area contributed by atoms with Gasteiger partial charge in [0.2, 0.25) is 11.8 Å². The number of primary amides is 1. The molecular formula is C16H22ClN3O2. The van der Waals surface area contributed by atoms with Gasteiger partial charge in [-0.05, 0) is 44.5 Å². The molecule has 6 heteroatoms. The van der Waals surface area contributed by atoms with Gasteiger partial charge in [-0.3, -0.25) is 14.5 Å². The number of benzene rings is 1. The molecule has 0 spiro atoms. The van der Waals surface area contributed by atoms with Crippen LogP contribution in [0.4, 0.5) is 0 Å². The summed E-state index contributed by atoms with van der Waals surface area (Å²) in [5.41, 5.74) is 6.22. The van der Waals surface area contributed by atoms with Crippen molar-refractivity contribution >= 4 is 23.4 Å². The maximum Gasteiger partial charge on any atom is 0.234 e. The molecule has 0 aliphatic carbocycles. The lowest BCUT2D eigenvalue weighted by Gasteiger charge is -2.30. The molecule has 1 saturated heterocycles. The Hall–Kier alpha value is -1.59. The van der Waals surface area contributed by atoms with E-state index < -0.39 is 0 Å². The number of nitrogens with one attached hydrogen (secondary N) is 1. The van der Waals surface area contributed by atoms with E-state index >= 15 is 0 Å². The molecular weight excluding hydrogens is 302 g/mol. The molecule has 1 fully saturated rings. The fraction of sp³-hybridized carbons (Fsp3) is 0.500. The first-order valence-electron chi connectivity index (χ1n) is 7.53. The summed E-state index contributed by atoms with van der Waals surface area (Å²) < 4.78 is 0. The summed E-state index contributed by atoms with van der Waals surface area (Å²) in [5.74, 6) is -0.331. The van der Waals surface area contributed by atoms with Crippen molar-refractivity contribution in [1.82, 2.24) is 10.2 Å². The molecule has 0 saturated carbocycles. The van der Waals surface area contributed by atoms with E-state index in [0.717, 1.165) is 31.5 Å². The first-order valence-corrected chi connectivity index (χ1v) is 7.90. The molecule has 0 radical (unpaired) electrons. The second-order valence-corrected chi connectivity index (χ2v) is 6.17. The number of halogens is 1. The number of likely N-dealkylation sites (tertiary alicyclic amines) is 1. The summed E-state index contributed by atoms with van der Waals surface area (Å²) in [6.07, 6.45) is 1.45. The molecule has 0 bridgehead atoms. The van der Waals surface area contributed by atoms with E-state index in [-0.39, 0.29) is 23.8 Å². The Kier molecular flexibility index (Phi) is 5.80. The van der Waals surface area contributed by atoms with Gasteiger partial charge < -0.3 is 11.1 Å². The lowest BCUT2D eigenvalue weighted by Crippen LogP contribution is -2.44. The normalized spacial score (nSPS) is 17.9. The van der Waals surface area contributed by atoms with Gasteiger partial charge in [0, 0.05) is 10.9 Å². The van der Waals surface area contributed by atoms with Gasteiger partial charge in [-0.2, -0.15) is 0 Å². The highest BCUT2D eigenvalue weighted by atomic mass is 35.5. The van der Waals surface area contributed by atoms with Crippen LogP contribution in [-0.4, -0.2) is 36.3 Å². The minimum atomic E-state index is -0.239. The molecule has 1 aromatic rings. The molecule has 1 aliphatic rings. The van der Waals surface area contributed by atoms with E-state index in [1.807, 2.05) is 36.1 Å². The van der Waals surface area contributed by atoms with Crippen molar-refractivity contribution < 1.29 is 9.59 Å². The Bertz CT molecular complexity index is 542. The van der Waals surface area contributed by atoms with Crippen LogP contribution < -0.4 is 11.1 Å². The quantitative estimate of drug-likeness (QED) is 0.866. The summed E-state index contributed by atoms with van der Waals surface area (Å²) in [6, 6.07) is 7.35. The average Bonchev–Trinajstić information content (AvgIpc) is 2.48. The van der Waals surface area contributed by atoms with Crippen LogP contribution in [0.2, 0.25) is 5.02 Å². The number of hydrogen-bond donors (Lipinski definition) is 2. The predicted molar refractivity (Wildman–Crippen MR) is 86.4 cm³/mol. The third kappa shape index (κ3) is 4.45. The number of nitrogens with two attached hydrogens (primary N) is 1. The lowest BCUT2D eigenvalue weighted by molar-refractivity contribution is -0.124. The van der Waals surface area contributed by atoms with Crippen LogP contribution in [0.1, 0.15) is 31.4 Å². The number of carbonyl (C=O) groups is 2. The van der Waals surface area contributed by atoms with Gasteiger partial charge in [0.15, 0.2) is 0 Å². The summed E-state index contributed by atoms with van der Waals surface area (Å²) >= 11 is 6.13. The van der Waals surface area contributed by atoms with Crippen molar-refractivity contribution in [1.29, 1.82) is 0 Å². The minimum absolute atomic E-state index is 0.0371. The first kappa shape index (κ1) is 16.8. The highest BCUT2D eigenvalue weighted by molar-refractivity contribution is 6.31. The van der Waals surface area contributed by atoms with Crippen molar-refractivity contribution in [3.05, 3.63) is 34.9 Å². The largest absolute Gasteiger partial charge is 0.369 e. The molecule has 0 unspecified atom stereocenters. The topological polar surface area (TPSA) is 75.4 Å². The van der Waals surface area contributed by atoms with E-state index in [4.69, 9.17) is 17.3 Å². The molecule has 22 heavy (non-hydrogen) atoms. The lowest BCUT2D eigenvalue weighted by atomic mass is 9.96. The maximum atomic E-state index is 12.1. The fourth-order valence-corrected chi connectivity index (χ4v) is 3.07. The summed E-state index contributed by atoms with van der Waals surface area (Å²) in [7, 11) is 0. The van der Waals surface area contributed by atoms with Crippen LogP contribution in [-0.2, 0) is 9.59 Å². The molecule has 1 atom stereocenters. The number of nitrogens with zero attached hydrogens (tertiary/aromatic N) is 1. The molecule has 5 nitrogen and oxygen atoms in total. The van der Waals surface area contributed by atoms with Gasteiger partial charge in [-0.25, -0.2) is 0 Å². The predicted octanol–water partition coefficient (Wildman–Crippen LogP) is 1.71. The van der Waals surface area contributed by atoms with Crippen LogP contribution in [0.3, 0.4) is 0 Å². The molecule has 2 amide bonds. The summed E-state index contributed by atoms with van der Waals surface area (Å²) in [6.45, 7) is 3.70. The molecule has 1 heterocycles. The van der Waals surface area contributed by atoms with E-state index in [1.165, 1.54) is 0 Å². The van der Waals surface area contributed by atoms with Crippen LogP contribution in [0.5, 0.6) is 0 Å². The molecule has 2 rings (SSSR count). The zero-order valence-corrected chi connectivity index (χ0v) is 13.5. The number of piperidine rings is 1. The van der Waals surface area contributed by atoms with Gasteiger partial charge in [0.25, 0.3) is 0 Å². The molecule has 1 aromatic carbocycles. The Morgan fingerprint density at radius 1 is 1.36 bits per heavy atom. The fourth-order valence-electron chi connectivity index (χ4n) is 2.77. The molecule has 1 aliphatic heterocycles. The Balaban J connectivity index is 1.81. The second-order valence-electron chi connectivity index (χ2n) is 5.76. The third-order valence-corrected chi connectivity index (χ3v) is 4.45. The van der Waals surface area contributed by atoms with Crippen molar-refractivity contribution in [2.24, 2.45) is 11.7 Å². The zero-order valence-electron chi connectivity index (χ0n) is 12.7. The molecule has 120 valence electrons. The average molecular weight is 324 g/mol. The maximum absolute atomic E-state index is 12.1. The summed E-state index contributed by atoms with van der Waals surface area (Å²) in [4.78, 5) is 25.3. The number of rotatable bonds is 5. The number of carbonyl (C=O) groups excluding carboxylic acids is 2.